The summed E-state index contributed by atoms with van der Waals surface area (Å²) in [5, 5.41) is 2.78. The molecule has 0 amide bonds. The summed E-state index contributed by atoms with van der Waals surface area (Å²) in [6.45, 7) is 4.15. The van der Waals surface area contributed by atoms with E-state index in [1.165, 1.54) is 7.11 Å². The number of carbonyl (C=O) groups is 1. The Kier molecular flexibility index (Phi) is 4.17. The smallest absolute Gasteiger partial charge is 0.338 e. The molecule has 1 aromatic rings. The number of methoxy groups -OCH3 is 1. The lowest BCUT2D eigenvalue weighted by atomic mass is 9.99. The SMILES string of the molecule is COC(=O)C(N=O)c1ccc(C(C)C)cc1. The number of nitroso groups, excluding NO2 is 1. The van der Waals surface area contributed by atoms with Crippen LogP contribution in [-0.2, 0) is 9.53 Å². The van der Waals surface area contributed by atoms with Crippen LogP contribution in [0.5, 0.6) is 0 Å². The molecule has 0 radical (unpaired) electrons. The van der Waals surface area contributed by atoms with Crippen molar-refractivity contribution in [3.63, 3.8) is 0 Å². The first-order valence-electron chi connectivity index (χ1n) is 5.10. The second-order valence-corrected chi connectivity index (χ2v) is 3.85. The summed E-state index contributed by atoms with van der Waals surface area (Å²) in [6.07, 6.45) is 0. The van der Waals surface area contributed by atoms with Crippen molar-refractivity contribution in [3.8, 4) is 0 Å². The van der Waals surface area contributed by atoms with Crippen LogP contribution >= 0.6 is 0 Å². The number of ether oxygens (including phenoxy) is 1. The molecule has 0 fully saturated rings. The summed E-state index contributed by atoms with van der Waals surface area (Å²) in [7, 11) is 1.24. The fraction of sp³-hybridized carbons (Fsp3) is 0.417. The number of nitrogens with zero attached hydrogens (tertiary/aromatic N) is 1. The van der Waals surface area contributed by atoms with E-state index >= 15 is 0 Å². The van der Waals surface area contributed by atoms with Crippen molar-refractivity contribution >= 4 is 5.97 Å². The first-order chi connectivity index (χ1) is 7.60. The highest BCUT2D eigenvalue weighted by molar-refractivity contribution is 5.77. The minimum Gasteiger partial charge on any atom is -0.467 e. The summed E-state index contributed by atoms with van der Waals surface area (Å²) < 4.78 is 4.50. The van der Waals surface area contributed by atoms with Crippen molar-refractivity contribution in [2.45, 2.75) is 25.8 Å². The summed E-state index contributed by atoms with van der Waals surface area (Å²) >= 11 is 0. The summed E-state index contributed by atoms with van der Waals surface area (Å²) in [4.78, 5) is 21.8. The molecule has 1 atom stereocenters. The van der Waals surface area contributed by atoms with Crippen molar-refractivity contribution in [3.05, 3.63) is 40.3 Å². The van der Waals surface area contributed by atoms with Gasteiger partial charge in [0, 0.05) is 0 Å². The molecule has 86 valence electrons. The molecule has 1 aromatic carbocycles. The molecule has 1 unspecified atom stereocenters. The molecule has 1 rings (SSSR count). The molecule has 16 heavy (non-hydrogen) atoms. The Balaban J connectivity index is 2.95. The second-order valence-electron chi connectivity index (χ2n) is 3.85. The van der Waals surface area contributed by atoms with Gasteiger partial charge in [-0.1, -0.05) is 38.1 Å². The molecule has 0 saturated carbocycles. The van der Waals surface area contributed by atoms with E-state index in [-0.39, 0.29) is 0 Å². The quantitative estimate of drug-likeness (QED) is 0.580. The van der Waals surface area contributed by atoms with Gasteiger partial charge in [0.05, 0.1) is 7.11 Å². The molecule has 0 aliphatic heterocycles. The molecule has 0 aliphatic carbocycles. The lowest BCUT2D eigenvalue weighted by Crippen LogP contribution is -2.11. The molecule has 0 spiro atoms. The normalized spacial score (nSPS) is 12.2. The minimum atomic E-state index is -1.06. The van der Waals surface area contributed by atoms with Crippen LogP contribution in [0, 0.1) is 4.91 Å². The van der Waals surface area contributed by atoms with Gasteiger partial charge in [0.2, 0.25) is 6.04 Å². The number of hydrogen-bond donors (Lipinski definition) is 0. The van der Waals surface area contributed by atoms with Crippen molar-refractivity contribution in [2.24, 2.45) is 5.18 Å². The predicted octanol–water partition coefficient (Wildman–Crippen LogP) is 2.79. The van der Waals surface area contributed by atoms with E-state index in [1.807, 2.05) is 12.1 Å². The first-order valence-corrected chi connectivity index (χ1v) is 5.10. The Morgan fingerprint density at radius 2 is 1.69 bits per heavy atom. The van der Waals surface area contributed by atoms with E-state index in [0.717, 1.165) is 5.56 Å². The fourth-order valence-corrected chi connectivity index (χ4v) is 1.41. The van der Waals surface area contributed by atoms with Crippen molar-refractivity contribution < 1.29 is 9.53 Å². The van der Waals surface area contributed by atoms with Gasteiger partial charge < -0.3 is 4.74 Å². The fourth-order valence-electron chi connectivity index (χ4n) is 1.41. The van der Waals surface area contributed by atoms with Crippen LogP contribution in [0.3, 0.4) is 0 Å². The maximum atomic E-state index is 11.2. The monoisotopic (exact) mass is 221 g/mol. The maximum Gasteiger partial charge on any atom is 0.338 e. The van der Waals surface area contributed by atoms with Gasteiger partial charge in [-0.05, 0) is 22.2 Å². The van der Waals surface area contributed by atoms with Crippen molar-refractivity contribution in [1.29, 1.82) is 0 Å². The van der Waals surface area contributed by atoms with Crippen molar-refractivity contribution in [1.82, 2.24) is 0 Å². The van der Waals surface area contributed by atoms with Crippen LogP contribution in [0.15, 0.2) is 29.4 Å². The van der Waals surface area contributed by atoms with Crippen LogP contribution in [0.4, 0.5) is 0 Å². The number of carbonyl (C=O) groups excluding carboxylic acids is 1. The summed E-state index contributed by atoms with van der Waals surface area (Å²) in [6, 6.07) is 6.19. The number of hydrogen-bond acceptors (Lipinski definition) is 4. The third-order valence-electron chi connectivity index (χ3n) is 2.45. The van der Waals surface area contributed by atoms with Gasteiger partial charge in [-0.3, -0.25) is 0 Å². The van der Waals surface area contributed by atoms with Gasteiger partial charge in [-0.2, -0.15) is 0 Å². The van der Waals surface area contributed by atoms with Crippen LogP contribution in [0.2, 0.25) is 0 Å². The zero-order valence-electron chi connectivity index (χ0n) is 9.64. The Morgan fingerprint density at radius 1 is 1.19 bits per heavy atom. The maximum absolute atomic E-state index is 11.2. The summed E-state index contributed by atoms with van der Waals surface area (Å²) in [5.74, 6) is -0.220. The van der Waals surface area contributed by atoms with Gasteiger partial charge in [0.25, 0.3) is 0 Å². The van der Waals surface area contributed by atoms with Gasteiger partial charge >= 0.3 is 5.97 Å². The highest BCUT2D eigenvalue weighted by atomic mass is 16.5. The lowest BCUT2D eigenvalue weighted by Gasteiger charge is -2.09. The second kappa shape index (κ2) is 5.39. The molecular weight excluding hydrogens is 206 g/mol. The van der Waals surface area contributed by atoms with E-state index in [0.29, 0.717) is 11.5 Å². The van der Waals surface area contributed by atoms with Gasteiger partial charge in [0.15, 0.2) is 0 Å². The van der Waals surface area contributed by atoms with E-state index in [1.54, 1.807) is 12.1 Å². The molecule has 0 aliphatic rings. The van der Waals surface area contributed by atoms with E-state index in [2.05, 4.69) is 23.8 Å². The molecule has 0 N–H and O–H groups in total. The van der Waals surface area contributed by atoms with Crippen LogP contribution in [0.1, 0.15) is 36.9 Å². The Hall–Kier alpha value is -1.71. The zero-order valence-corrected chi connectivity index (χ0v) is 9.64. The first kappa shape index (κ1) is 12.4. The number of esters is 1. The van der Waals surface area contributed by atoms with Gasteiger partial charge in [0.1, 0.15) is 0 Å². The highest BCUT2D eigenvalue weighted by Crippen LogP contribution is 2.21. The van der Waals surface area contributed by atoms with E-state index < -0.39 is 12.0 Å². The Bertz CT molecular complexity index is 370. The lowest BCUT2D eigenvalue weighted by molar-refractivity contribution is -0.142. The molecular formula is C12H15NO3. The number of rotatable bonds is 4. The van der Waals surface area contributed by atoms with Crippen LogP contribution in [0.25, 0.3) is 0 Å². The standard InChI is InChI=1S/C12H15NO3/c1-8(2)9-4-6-10(7-5-9)11(13-15)12(14)16-3/h4-8,11H,1-3H3. The largest absolute Gasteiger partial charge is 0.467 e. The Morgan fingerprint density at radius 3 is 2.06 bits per heavy atom. The zero-order chi connectivity index (χ0) is 12.1. The number of benzene rings is 1. The molecule has 0 aromatic heterocycles. The topological polar surface area (TPSA) is 55.7 Å². The third kappa shape index (κ3) is 2.66. The van der Waals surface area contributed by atoms with Gasteiger partial charge in [-0.25, -0.2) is 4.79 Å². The van der Waals surface area contributed by atoms with E-state index in [4.69, 9.17) is 0 Å². The average Bonchev–Trinajstić information content (AvgIpc) is 2.30. The Labute approximate surface area is 94.6 Å². The molecule has 4 nitrogen and oxygen atoms in total. The van der Waals surface area contributed by atoms with Crippen LogP contribution < -0.4 is 0 Å². The molecule has 4 heteroatoms. The third-order valence-corrected chi connectivity index (χ3v) is 2.45. The van der Waals surface area contributed by atoms with E-state index in [9.17, 15) is 9.70 Å². The van der Waals surface area contributed by atoms with Crippen LogP contribution in [-0.4, -0.2) is 13.1 Å². The van der Waals surface area contributed by atoms with Gasteiger partial charge in [-0.15, -0.1) is 4.91 Å². The average molecular weight is 221 g/mol. The molecule has 0 bridgehead atoms. The minimum absolute atomic E-state index is 0.412. The van der Waals surface area contributed by atoms with Crippen molar-refractivity contribution in [2.75, 3.05) is 7.11 Å². The highest BCUT2D eigenvalue weighted by Gasteiger charge is 2.21. The molecule has 0 heterocycles. The molecule has 0 saturated heterocycles. The summed E-state index contributed by atoms with van der Waals surface area (Å²) in [5.41, 5.74) is 1.71. The predicted molar refractivity (Wildman–Crippen MR) is 61.1 cm³/mol.